The van der Waals surface area contributed by atoms with Gasteiger partial charge in [0, 0.05) is 18.3 Å². The van der Waals surface area contributed by atoms with Crippen molar-refractivity contribution in [2.24, 2.45) is 0 Å². The van der Waals surface area contributed by atoms with E-state index in [0.29, 0.717) is 13.2 Å². The van der Waals surface area contributed by atoms with Gasteiger partial charge in [-0.2, -0.15) is 4.31 Å². The first-order valence-corrected chi connectivity index (χ1v) is 7.43. The van der Waals surface area contributed by atoms with Crippen molar-refractivity contribution in [2.45, 2.75) is 24.8 Å². The summed E-state index contributed by atoms with van der Waals surface area (Å²) in [5.41, 5.74) is 6.07. The van der Waals surface area contributed by atoms with Crippen LogP contribution in [0.2, 0.25) is 0 Å². The van der Waals surface area contributed by atoms with Crippen LogP contribution < -0.4 is 5.73 Å². The molecular weight excluding hydrogens is 271 g/mol. The number of hydrogen-bond donors (Lipinski definition) is 1. The summed E-state index contributed by atoms with van der Waals surface area (Å²) in [6.45, 7) is 4.06. The van der Waals surface area contributed by atoms with E-state index in [1.54, 1.807) is 6.92 Å². The van der Waals surface area contributed by atoms with Gasteiger partial charge in [-0.15, -0.1) is 0 Å². The number of nitrogens with zero attached hydrogens (tertiary/aromatic N) is 1. The topological polar surface area (TPSA) is 72.6 Å². The Kier molecular flexibility index (Phi) is 3.80. The summed E-state index contributed by atoms with van der Waals surface area (Å²) in [5.74, 6) is -0.743. The molecule has 106 valence electrons. The molecule has 0 bridgehead atoms. The van der Waals surface area contributed by atoms with Crippen LogP contribution in [-0.4, -0.2) is 38.5 Å². The third-order valence-electron chi connectivity index (χ3n) is 3.14. The summed E-state index contributed by atoms with van der Waals surface area (Å²) in [4.78, 5) is -0.362. The van der Waals surface area contributed by atoms with Gasteiger partial charge in [-0.25, -0.2) is 12.8 Å². The third kappa shape index (κ3) is 2.58. The summed E-state index contributed by atoms with van der Waals surface area (Å²) in [7, 11) is -3.89. The van der Waals surface area contributed by atoms with Gasteiger partial charge in [-0.3, -0.25) is 0 Å². The van der Waals surface area contributed by atoms with E-state index in [2.05, 4.69) is 0 Å². The van der Waals surface area contributed by atoms with Crippen LogP contribution in [0.5, 0.6) is 0 Å². The fourth-order valence-electron chi connectivity index (χ4n) is 2.15. The molecule has 2 N–H and O–H groups in total. The highest BCUT2D eigenvalue weighted by molar-refractivity contribution is 7.89. The number of nitrogens with two attached hydrogens (primary N) is 1. The molecule has 2 rings (SSSR count). The molecular formula is C12H17FN2O3S. The summed E-state index contributed by atoms with van der Waals surface area (Å²) in [6, 6.07) is 2.26. The second-order valence-corrected chi connectivity index (χ2v) is 6.55. The Hall–Kier alpha value is -1.18. The first-order valence-electron chi connectivity index (χ1n) is 5.99. The first kappa shape index (κ1) is 14.2. The molecule has 0 unspecified atom stereocenters. The number of hydrogen-bond acceptors (Lipinski definition) is 4. The van der Waals surface area contributed by atoms with Gasteiger partial charge in [-0.05, 0) is 31.5 Å². The van der Waals surface area contributed by atoms with Crippen LogP contribution in [0, 0.1) is 12.7 Å². The van der Waals surface area contributed by atoms with Crippen molar-refractivity contribution in [2.75, 3.05) is 25.5 Å². The van der Waals surface area contributed by atoms with Crippen LogP contribution in [0.15, 0.2) is 17.0 Å². The normalized spacial score (nSPS) is 21.5. The van der Waals surface area contributed by atoms with Crippen molar-refractivity contribution >= 4 is 15.7 Å². The number of benzene rings is 1. The highest BCUT2D eigenvalue weighted by atomic mass is 32.2. The molecule has 1 aromatic carbocycles. The summed E-state index contributed by atoms with van der Waals surface area (Å²) in [5, 5.41) is 0. The molecule has 0 aromatic heterocycles. The predicted octanol–water partition coefficient (Wildman–Crippen LogP) is 1.13. The monoisotopic (exact) mass is 288 g/mol. The van der Waals surface area contributed by atoms with Crippen LogP contribution in [0.3, 0.4) is 0 Å². The van der Waals surface area contributed by atoms with E-state index in [9.17, 15) is 12.8 Å². The maximum Gasteiger partial charge on any atom is 0.246 e. The van der Waals surface area contributed by atoms with Gasteiger partial charge in [0.05, 0.1) is 13.2 Å². The highest BCUT2D eigenvalue weighted by Gasteiger charge is 2.34. The smallest absolute Gasteiger partial charge is 0.246 e. The molecule has 1 aromatic rings. The number of anilines is 1. The van der Waals surface area contributed by atoms with Crippen LogP contribution in [0.4, 0.5) is 10.1 Å². The lowest BCUT2D eigenvalue weighted by molar-refractivity contribution is 0.0392. The maximum absolute atomic E-state index is 14.1. The van der Waals surface area contributed by atoms with E-state index in [1.807, 2.05) is 0 Å². The van der Waals surface area contributed by atoms with E-state index in [4.69, 9.17) is 10.5 Å². The number of aryl methyl sites for hydroxylation is 1. The number of nitrogen functional groups attached to an aromatic ring is 1. The molecule has 1 aliphatic heterocycles. The fraction of sp³-hybridized carbons (Fsp3) is 0.500. The Bertz CT molecular complexity index is 589. The SMILES string of the molecule is Cc1cc(N)cc(S(=O)(=O)N2CCOC[C@H]2C)c1F. The number of halogens is 1. The fourth-order valence-corrected chi connectivity index (χ4v) is 3.92. The lowest BCUT2D eigenvalue weighted by atomic mass is 10.2. The van der Waals surface area contributed by atoms with Gasteiger partial charge in [0.25, 0.3) is 0 Å². The van der Waals surface area contributed by atoms with Crippen molar-refractivity contribution in [3.63, 3.8) is 0 Å². The molecule has 0 saturated carbocycles. The molecule has 0 amide bonds. The van der Waals surface area contributed by atoms with Crippen LogP contribution in [0.25, 0.3) is 0 Å². The van der Waals surface area contributed by atoms with Gasteiger partial charge in [0.2, 0.25) is 10.0 Å². The number of sulfonamides is 1. The largest absolute Gasteiger partial charge is 0.399 e. The number of ether oxygens (including phenoxy) is 1. The predicted molar refractivity (Wildman–Crippen MR) is 69.7 cm³/mol. The maximum atomic E-state index is 14.1. The minimum Gasteiger partial charge on any atom is -0.399 e. The second kappa shape index (κ2) is 5.07. The van der Waals surface area contributed by atoms with Crippen LogP contribution >= 0.6 is 0 Å². The van der Waals surface area contributed by atoms with Gasteiger partial charge in [-0.1, -0.05) is 0 Å². The zero-order chi connectivity index (χ0) is 14.2. The zero-order valence-electron chi connectivity index (χ0n) is 10.9. The summed E-state index contributed by atoms with van der Waals surface area (Å²) < 4.78 is 45.5. The number of morpholine rings is 1. The molecule has 1 aliphatic rings. The van der Waals surface area contributed by atoms with Crippen molar-refractivity contribution in [1.82, 2.24) is 4.31 Å². The van der Waals surface area contributed by atoms with E-state index < -0.39 is 15.8 Å². The third-order valence-corrected chi connectivity index (χ3v) is 5.15. The second-order valence-electron chi connectivity index (χ2n) is 4.69. The quantitative estimate of drug-likeness (QED) is 0.828. The lowest BCUT2D eigenvalue weighted by Gasteiger charge is -2.32. The van der Waals surface area contributed by atoms with E-state index in [1.165, 1.54) is 23.4 Å². The molecule has 5 nitrogen and oxygen atoms in total. The average Bonchev–Trinajstić information content (AvgIpc) is 2.34. The molecule has 1 heterocycles. The van der Waals surface area contributed by atoms with Gasteiger partial charge >= 0.3 is 0 Å². The molecule has 0 aliphatic carbocycles. The molecule has 19 heavy (non-hydrogen) atoms. The van der Waals surface area contributed by atoms with Gasteiger partial charge in [0.1, 0.15) is 10.7 Å². The first-order chi connectivity index (χ1) is 8.84. The molecule has 1 saturated heterocycles. The van der Waals surface area contributed by atoms with Crippen LogP contribution in [-0.2, 0) is 14.8 Å². The van der Waals surface area contributed by atoms with Crippen molar-refractivity contribution < 1.29 is 17.5 Å². The lowest BCUT2D eigenvalue weighted by Crippen LogP contribution is -2.47. The summed E-state index contributed by atoms with van der Waals surface area (Å²) in [6.07, 6.45) is 0. The minimum absolute atomic E-state index is 0.219. The molecule has 0 radical (unpaired) electrons. The van der Waals surface area contributed by atoms with Gasteiger partial charge in [0.15, 0.2) is 0 Å². The molecule has 7 heteroatoms. The average molecular weight is 288 g/mol. The van der Waals surface area contributed by atoms with E-state index in [-0.39, 0.29) is 28.7 Å². The molecule has 1 fully saturated rings. The Labute approximate surface area is 112 Å². The van der Waals surface area contributed by atoms with Gasteiger partial charge < -0.3 is 10.5 Å². The Morgan fingerprint density at radius 3 is 2.79 bits per heavy atom. The van der Waals surface area contributed by atoms with Crippen molar-refractivity contribution in [3.8, 4) is 0 Å². The highest BCUT2D eigenvalue weighted by Crippen LogP contribution is 2.26. The van der Waals surface area contributed by atoms with Crippen molar-refractivity contribution in [1.29, 1.82) is 0 Å². The van der Waals surface area contributed by atoms with Crippen molar-refractivity contribution in [3.05, 3.63) is 23.5 Å². The molecule has 0 spiro atoms. The Morgan fingerprint density at radius 2 is 2.16 bits per heavy atom. The minimum atomic E-state index is -3.89. The van der Waals surface area contributed by atoms with E-state index in [0.717, 1.165) is 0 Å². The van der Waals surface area contributed by atoms with E-state index >= 15 is 0 Å². The Balaban J connectivity index is 2.50. The van der Waals surface area contributed by atoms with Crippen LogP contribution in [0.1, 0.15) is 12.5 Å². The number of rotatable bonds is 2. The zero-order valence-corrected chi connectivity index (χ0v) is 11.7. The molecule has 1 atom stereocenters. The Morgan fingerprint density at radius 1 is 1.47 bits per heavy atom. The summed E-state index contributed by atoms with van der Waals surface area (Å²) >= 11 is 0. The standard InChI is InChI=1S/C12H17FN2O3S/c1-8-5-10(14)6-11(12(8)13)19(16,17)15-3-4-18-7-9(15)2/h5-6,9H,3-4,7,14H2,1-2H3/t9-/m1/s1.